The Hall–Kier alpha value is -0.890. The van der Waals surface area contributed by atoms with Crippen LogP contribution in [0.3, 0.4) is 0 Å². The molecule has 78 valence electrons. The van der Waals surface area contributed by atoms with Crippen molar-refractivity contribution in [3.8, 4) is 0 Å². The summed E-state index contributed by atoms with van der Waals surface area (Å²) in [5.74, 6) is 0.481. The predicted octanol–water partition coefficient (Wildman–Crippen LogP) is 2.39. The van der Waals surface area contributed by atoms with Gasteiger partial charge in [0.25, 0.3) is 0 Å². The first-order valence-corrected chi connectivity index (χ1v) is 5.27. The van der Waals surface area contributed by atoms with Crippen molar-refractivity contribution in [1.29, 1.82) is 0 Å². The molecular formula is C12H20N2. The van der Waals surface area contributed by atoms with Crippen LogP contribution in [0.4, 0.5) is 0 Å². The zero-order valence-corrected chi connectivity index (χ0v) is 9.33. The van der Waals surface area contributed by atoms with E-state index in [4.69, 9.17) is 5.73 Å². The molecule has 1 rings (SSSR count). The number of nitrogens with two attached hydrogens (primary N) is 1. The van der Waals surface area contributed by atoms with E-state index in [1.165, 1.54) is 0 Å². The molecule has 0 amide bonds. The highest BCUT2D eigenvalue weighted by molar-refractivity contribution is 5.08. The van der Waals surface area contributed by atoms with E-state index in [1.54, 1.807) is 0 Å². The van der Waals surface area contributed by atoms with Gasteiger partial charge in [0, 0.05) is 23.9 Å². The highest BCUT2D eigenvalue weighted by atomic mass is 14.8. The summed E-state index contributed by atoms with van der Waals surface area (Å²) in [6, 6.07) is 5.99. The molecule has 0 aliphatic carbocycles. The van der Waals surface area contributed by atoms with Crippen LogP contribution in [0.5, 0.6) is 0 Å². The molecular weight excluding hydrogens is 172 g/mol. The standard InChI is InChI=1S/C12H20N2/c1-4-12(13,10(2)3)9-11-7-5-6-8-14-11/h5-8,10H,4,9,13H2,1-3H3. The molecule has 1 unspecified atom stereocenters. The van der Waals surface area contributed by atoms with Crippen molar-refractivity contribution in [2.75, 3.05) is 0 Å². The number of pyridine rings is 1. The molecule has 0 aliphatic rings. The van der Waals surface area contributed by atoms with Crippen LogP contribution in [0.15, 0.2) is 24.4 Å². The van der Waals surface area contributed by atoms with Crippen molar-refractivity contribution >= 4 is 0 Å². The van der Waals surface area contributed by atoms with Gasteiger partial charge in [-0.3, -0.25) is 4.98 Å². The molecule has 0 saturated heterocycles. The van der Waals surface area contributed by atoms with Crippen molar-refractivity contribution in [3.05, 3.63) is 30.1 Å². The minimum absolute atomic E-state index is 0.117. The molecule has 1 heterocycles. The molecule has 0 spiro atoms. The Bertz CT molecular complexity index is 269. The topological polar surface area (TPSA) is 38.9 Å². The third-order valence-electron chi connectivity index (χ3n) is 3.04. The molecule has 0 fully saturated rings. The van der Waals surface area contributed by atoms with Gasteiger partial charge in [0.15, 0.2) is 0 Å². The number of hydrogen-bond acceptors (Lipinski definition) is 2. The summed E-state index contributed by atoms with van der Waals surface area (Å²) in [5.41, 5.74) is 7.30. The van der Waals surface area contributed by atoms with Crippen LogP contribution in [0.25, 0.3) is 0 Å². The summed E-state index contributed by atoms with van der Waals surface area (Å²) in [6.45, 7) is 6.49. The fourth-order valence-corrected chi connectivity index (χ4v) is 1.58. The normalized spacial score (nSPS) is 15.5. The lowest BCUT2D eigenvalue weighted by Crippen LogP contribution is -2.46. The monoisotopic (exact) mass is 192 g/mol. The maximum atomic E-state index is 6.33. The first-order chi connectivity index (χ1) is 6.58. The van der Waals surface area contributed by atoms with Crippen molar-refractivity contribution in [2.24, 2.45) is 11.7 Å². The highest BCUT2D eigenvalue weighted by Crippen LogP contribution is 2.22. The highest BCUT2D eigenvalue weighted by Gasteiger charge is 2.27. The second-order valence-corrected chi connectivity index (χ2v) is 4.24. The van der Waals surface area contributed by atoms with E-state index < -0.39 is 0 Å². The minimum atomic E-state index is -0.117. The van der Waals surface area contributed by atoms with Crippen LogP contribution in [-0.4, -0.2) is 10.5 Å². The molecule has 2 nitrogen and oxygen atoms in total. The lowest BCUT2D eigenvalue weighted by atomic mass is 9.81. The summed E-state index contributed by atoms with van der Waals surface area (Å²) in [5, 5.41) is 0. The fraction of sp³-hybridized carbons (Fsp3) is 0.583. The van der Waals surface area contributed by atoms with Crippen LogP contribution in [0.2, 0.25) is 0 Å². The zero-order chi connectivity index (χ0) is 10.6. The van der Waals surface area contributed by atoms with E-state index >= 15 is 0 Å². The Balaban J connectivity index is 2.76. The van der Waals surface area contributed by atoms with Crippen molar-refractivity contribution in [3.63, 3.8) is 0 Å². The summed E-state index contributed by atoms with van der Waals surface area (Å²) in [7, 11) is 0. The van der Waals surface area contributed by atoms with Gasteiger partial charge in [-0.15, -0.1) is 0 Å². The molecule has 2 heteroatoms. The van der Waals surface area contributed by atoms with Gasteiger partial charge < -0.3 is 5.73 Å². The maximum absolute atomic E-state index is 6.33. The lowest BCUT2D eigenvalue weighted by molar-refractivity contribution is 0.294. The molecule has 0 aliphatic heterocycles. The maximum Gasteiger partial charge on any atom is 0.0421 e. The smallest absolute Gasteiger partial charge is 0.0421 e. The van der Waals surface area contributed by atoms with Gasteiger partial charge in [0.05, 0.1) is 0 Å². The quantitative estimate of drug-likeness (QED) is 0.795. The number of rotatable bonds is 4. The third-order valence-corrected chi connectivity index (χ3v) is 3.04. The van der Waals surface area contributed by atoms with Gasteiger partial charge in [-0.1, -0.05) is 26.8 Å². The van der Waals surface area contributed by atoms with Gasteiger partial charge >= 0.3 is 0 Å². The molecule has 0 bridgehead atoms. The summed E-state index contributed by atoms with van der Waals surface area (Å²) in [6.07, 6.45) is 3.68. The van der Waals surface area contributed by atoms with E-state index in [-0.39, 0.29) is 5.54 Å². The predicted molar refractivity (Wildman–Crippen MR) is 60.0 cm³/mol. The Labute approximate surface area is 86.5 Å². The van der Waals surface area contributed by atoms with Gasteiger partial charge in [0.1, 0.15) is 0 Å². The van der Waals surface area contributed by atoms with Gasteiger partial charge in [-0.25, -0.2) is 0 Å². The van der Waals surface area contributed by atoms with E-state index in [1.807, 2.05) is 24.4 Å². The zero-order valence-electron chi connectivity index (χ0n) is 9.33. The number of hydrogen-bond donors (Lipinski definition) is 1. The second kappa shape index (κ2) is 4.56. The van der Waals surface area contributed by atoms with E-state index in [2.05, 4.69) is 25.8 Å². The van der Waals surface area contributed by atoms with Crippen molar-refractivity contribution < 1.29 is 0 Å². The van der Waals surface area contributed by atoms with Crippen LogP contribution >= 0.6 is 0 Å². The molecule has 0 radical (unpaired) electrons. The molecule has 14 heavy (non-hydrogen) atoms. The molecule has 1 aromatic rings. The Kier molecular flexibility index (Phi) is 3.64. The van der Waals surface area contributed by atoms with Crippen LogP contribution in [0.1, 0.15) is 32.9 Å². The Morgan fingerprint density at radius 3 is 2.57 bits per heavy atom. The summed E-state index contributed by atoms with van der Waals surface area (Å²) in [4.78, 5) is 4.31. The van der Waals surface area contributed by atoms with E-state index in [0.29, 0.717) is 5.92 Å². The van der Waals surface area contributed by atoms with Gasteiger partial charge in [-0.05, 0) is 24.5 Å². The largest absolute Gasteiger partial charge is 0.325 e. The second-order valence-electron chi connectivity index (χ2n) is 4.24. The average molecular weight is 192 g/mol. The van der Waals surface area contributed by atoms with Gasteiger partial charge in [0.2, 0.25) is 0 Å². The van der Waals surface area contributed by atoms with Crippen molar-refractivity contribution in [1.82, 2.24) is 4.98 Å². The third kappa shape index (κ3) is 2.55. The SMILES string of the molecule is CCC(N)(Cc1ccccn1)C(C)C. The summed E-state index contributed by atoms with van der Waals surface area (Å²) >= 11 is 0. The number of nitrogens with zero attached hydrogens (tertiary/aromatic N) is 1. The average Bonchev–Trinajstić information content (AvgIpc) is 2.19. The molecule has 0 saturated carbocycles. The Morgan fingerprint density at radius 1 is 1.43 bits per heavy atom. The first-order valence-electron chi connectivity index (χ1n) is 5.27. The van der Waals surface area contributed by atoms with E-state index in [9.17, 15) is 0 Å². The van der Waals surface area contributed by atoms with Crippen LogP contribution in [0, 0.1) is 5.92 Å². The van der Waals surface area contributed by atoms with Gasteiger partial charge in [-0.2, -0.15) is 0 Å². The minimum Gasteiger partial charge on any atom is -0.325 e. The lowest BCUT2D eigenvalue weighted by Gasteiger charge is -2.32. The first kappa shape index (κ1) is 11.2. The van der Waals surface area contributed by atoms with E-state index in [0.717, 1.165) is 18.5 Å². The van der Waals surface area contributed by atoms with Crippen LogP contribution < -0.4 is 5.73 Å². The summed E-state index contributed by atoms with van der Waals surface area (Å²) < 4.78 is 0. The fourth-order valence-electron chi connectivity index (χ4n) is 1.58. The van der Waals surface area contributed by atoms with Crippen LogP contribution in [-0.2, 0) is 6.42 Å². The molecule has 1 aromatic heterocycles. The molecule has 0 aromatic carbocycles. The van der Waals surface area contributed by atoms with Crippen molar-refractivity contribution in [2.45, 2.75) is 39.2 Å². The molecule has 1 atom stereocenters. The number of aromatic nitrogens is 1. The molecule has 2 N–H and O–H groups in total. The Morgan fingerprint density at radius 2 is 2.14 bits per heavy atom.